The number of nitrogens with zero attached hydrogens (tertiary/aromatic N) is 1. The zero-order valence-electron chi connectivity index (χ0n) is 12.1. The lowest BCUT2D eigenvalue weighted by Crippen LogP contribution is -2.01. The fourth-order valence-electron chi connectivity index (χ4n) is 2.87. The lowest BCUT2D eigenvalue weighted by atomic mass is 9.95. The van der Waals surface area contributed by atoms with Crippen LogP contribution < -0.4 is 5.63 Å². The second-order valence-electron chi connectivity index (χ2n) is 5.31. The van der Waals surface area contributed by atoms with Crippen molar-refractivity contribution in [1.82, 2.24) is 0 Å². The van der Waals surface area contributed by atoms with Gasteiger partial charge in [-0.05, 0) is 23.8 Å². The minimum Gasteiger partial charge on any atom is -0.422 e. The van der Waals surface area contributed by atoms with E-state index in [0.29, 0.717) is 16.5 Å². The fraction of sp³-hybridized carbons (Fsp3) is 0. The van der Waals surface area contributed by atoms with Crippen LogP contribution in [0.4, 0.5) is 0 Å². The van der Waals surface area contributed by atoms with Gasteiger partial charge in [-0.2, -0.15) is 5.26 Å². The summed E-state index contributed by atoms with van der Waals surface area (Å²) in [6.07, 6.45) is 0. The largest absolute Gasteiger partial charge is 0.422 e. The quantitative estimate of drug-likeness (QED) is 0.384. The van der Waals surface area contributed by atoms with E-state index in [-0.39, 0.29) is 0 Å². The lowest BCUT2D eigenvalue weighted by molar-refractivity contribution is 0.569. The molecule has 4 aromatic rings. The Bertz CT molecular complexity index is 1140. The molecule has 0 bridgehead atoms. The van der Waals surface area contributed by atoms with E-state index in [0.717, 1.165) is 21.9 Å². The van der Waals surface area contributed by atoms with Crippen LogP contribution in [-0.4, -0.2) is 0 Å². The number of rotatable bonds is 1. The van der Waals surface area contributed by atoms with Crippen LogP contribution in [0.15, 0.2) is 75.9 Å². The summed E-state index contributed by atoms with van der Waals surface area (Å²) in [6, 6.07) is 22.8. The molecular formula is C20H11NO2. The van der Waals surface area contributed by atoms with Gasteiger partial charge in [-0.25, -0.2) is 4.79 Å². The van der Waals surface area contributed by atoms with Crippen molar-refractivity contribution in [3.63, 3.8) is 0 Å². The van der Waals surface area contributed by atoms with E-state index < -0.39 is 5.63 Å². The normalized spacial score (nSPS) is 10.7. The molecule has 0 unspecified atom stereocenters. The van der Waals surface area contributed by atoms with Crippen molar-refractivity contribution in [2.75, 3.05) is 0 Å². The Morgan fingerprint density at radius 2 is 1.57 bits per heavy atom. The molecule has 0 N–H and O–H groups in total. The highest BCUT2D eigenvalue weighted by Gasteiger charge is 2.12. The lowest BCUT2D eigenvalue weighted by Gasteiger charge is -2.08. The molecule has 0 spiro atoms. The van der Waals surface area contributed by atoms with Crippen LogP contribution in [-0.2, 0) is 0 Å². The summed E-state index contributed by atoms with van der Waals surface area (Å²) in [7, 11) is 0. The first-order chi connectivity index (χ1) is 11.3. The van der Waals surface area contributed by atoms with Gasteiger partial charge in [0.25, 0.3) is 0 Å². The molecule has 23 heavy (non-hydrogen) atoms. The Hall–Kier alpha value is -3.38. The summed E-state index contributed by atoms with van der Waals surface area (Å²) < 4.78 is 5.36. The van der Waals surface area contributed by atoms with E-state index in [1.54, 1.807) is 12.1 Å². The second-order valence-corrected chi connectivity index (χ2v) is 5.31. The molecular weight excluding hydrogens is 286 g/mol. The van der Waals surface area contributed by atoms with Crippen molar-refractivity contribution >= 4 is 21.7 Å². The van der Waals surface area contributed by atoms with Crippen LogP contribution in [0.2, 0.25) is 0 Å². The maximum Gasteiger partial charge on any atom is 0.344 e. The standard InChI is InChI=1S/C20H11NO2/c21-12-14-10-18-17(11-16(14)13-6-2-1-3-7-13)15-8-4-5-9-19(15)23-20(18)22/h1-11H. The third-order valence-corrected chi connectivity index (χ3v) is 3.96. The Kier molecular flexibility index (Phi) is 2.96. The number of fused-ring (bicyclic) bond motifs is 3. The average Bonchev–Trinajstić information content (AvgIpc) is 2.61. The molecule has 4 rings (SSSR count). The van der Waals surface area contributed by atoms with Gasteiger partial charge >= 0.3 is 5.63 Å². The Morgan fingerprint density at radius 1 is 0.826 bits per heavy atom. The number of hydrogen-bond acceptors (Lipinski definition) is 3. The van der Waals surface area contributed by atoms with E-state index >= 15 is 0 Å². The van der Waals surface area contributed by atoms with E-state index in [1.807, 2.05) is 54.6 Å². The van der Waals surface area contributed by atoms with Gasteiger partial charge in [0.2, 0.25) is 0 Å². The van der Waals surface area contributed by atoms with Crippen molar-refractivity contribution in [1.29, 1.82) is 5.26 Å². The molecule has 0 amide bonds. The maximum atomic E-state index is 12.2. The van der Waals surface area contributed by atoms with E-state index in [1.165, 1.54) is 0 Å². The average molecular weight is 297 g/mol. The molecule has 0 atom stereocenters. The molecule has 108 valence electrons. The number of benzene rings is 3. The molecule has 3 heteroatoms. The van der Waals surface area contributed by atoms with Crippen LogP contribution in [0.3, 0.4) is 0 Å². The smallest absolute Gasteiger partial charge is 0.344 e. The highest BCUT2D eigenvalue weighted by atomic mass is 16.4. The van der Waals surface area contributed by atoms with Gasteiger partial charge in [-0.3, -0.25) is 0 Å². The van der Waals surface area contributed by atoms with Crippen LogP contribution in [0.5, 0.6) is 0 Å². The summed E-state index contributed by atoms with van der Waals surface area (Å²) in [5, 5.41) is 11.6. The third kappa shape index (κ3) is 2.09. The second kappa shape index (κ2) is 5.11. The SMILES string of the molecule is N#Cc1cc2c(=O)oc3ccccc3c2cc1-c1ccccc1. The molecule has 3 nitrogen and oxygen atoms in total. The Morgan fingerprint density at radius 3 is 2.35 bits per heavy atom. The first-order valence-electron chi connectivity index (χ1n) is 7.23. The molecule has 3 aromatic carbocycles. The van der Waals surface area contributed by atoms with Gasteiger partial charge in [0.05, 0.1) is 17.0 Å². The van der Waals surface area contributed by atoms with Crippen LogP contribution in [0.1, 0.15) is 5.56 Å². The van der Waals surface area contributed by atoms with Crippen molar-refractivity contribution in [2.45, 2.75) is 0 Å². The number of nitriles is 1. The van der Waals surface area contributed by atoms with Crippen molar-refractivity contribution < 1.29 is 4.42 Å². The van der Waals surface area contributed by atoms with Crippen LogP contribution >= 0.6 is 0 Å². The zero-order valence-corrected chi connectivity index (χ0v) is 12.1. The van der Waals surface area contributed by atoms with Crippen molar-refractivity contribution in [2.24, 2.45) is 0 Å². The molecule has 1 heterocycles. The first-order valence-corrected chi connectivity index (χ1v) is 7.23. The van der Waals surface area contributed by atoms with Crippen molar-refractivity contribution in [3.8, 4) is 17.2 Å². The molecule has 0 saturated heterocycles. The molecule has 0 radical (unpaired) electrons. The van der Waals surface area contributed by atoms with Gasteiger partial charge in [-0.15, -0.1) is 0 Å². The number of hydrogen-bond donors (Lipinski definition) is 0. The van der Waals surface area contributed by atoms with E-state index in [2.05, 4.69) is 6.07 Å². The van der Waals surface area contributed by atoms with Crippen LogP contribution in [0, 0.1) is 11.3 Å². The Labute approximate surface area is 132 Å². The van der Waals surface area contributed by atoms with Crippen LogP contribution in [0.25, 0.3) is 32.9 Å². The predicted molar refractivity (Wildman–Crippen MR) is 90.1 cm³/mol. The summed E-state index contributed by atoms with van der Waals surface area (Å²) >= 11 is 0. The third-order valence-electron chi connectivity index (χ3n) is 3.96. The van der Waals surface area contributed by atoms with E-state index in [4.69, 9.17) is 4.42 Å². The Balaban J connectivity index is 2.19. The molecule has 0 saturated carbocycles. The van der Waals surface area contributed by atoms with Gasteiger partial charge in [0, 0.05) is 16.3 Å². The maximum absolute atomic E-state index is 12.2. The van der Waals surface area contributed by atoms with Crippen molar-refractivity contribution in [3.05, 3.63) is 82.7 Å². The predicted octanol–water partition coefficient (Wildman–Crippen LogP) is 4.48. The topological polar surface area (TPSA) is 54.0 Å². The fourth-order valence-corrected chi connectivity index (χ4v) is 2.87. The van der Waals surface area contributed by atoms with Gasteiger partial charge < -0.3 is 4.42 Å². The zero-order chi connectivity index (χ0) is 15.8. The number of para-hydroxylation sites is 1. The minimum absolute atomic E-state index is 0.421. The highest BCUT2D eigenvalue weighted by Crippen LogP contribution is 2.30. The van der Waals surface area contributed by atoms with E-state index in [9.17, 15) is 10.1 Å². The monoisotopic (exact) mass is 297 g/mol. The van der Waals surface area contributed by atoms with Gasteiger partial charge in [-0.1, -0.05) is 48.5 Å². The first kappa shape index (κ1) is 13.3. The molecule has 0 fully saturated rings. The van der Waals surface area contributed by atoms with Gasteiger partial charge in [0.15, 0.2) is 0 Å². The summed E-state index contributed by atoms with van der Waals surface area (Å²) in [4.78, 5) is 12.2. The molecule has 0 aliphatic rings. The molecule has 0 aliphatic heterocycles. The summed E-state index contributed by atoms with van der Waals surface area (Å²) in [5.74, 6) is 0. The minimum atomic E-state index is -0.421. The summed E-state index contributed by atoms with van der Waals surface area (Å²) in [6.45, 7) is 0. The summed E-state index contributed by atoms with van der Waals surface area (Å²) in [5.41, 5.74) is 2.36. The molecule has 1 aromatic heterocycles. The molecule has 0 aliphatic carbocycles. The van der Waals surface area contributed by atoms with Gasteiger partial charge in [0.1, 0.15) is 5.58 Å². The highest BCUT2D eigenvalue weighted by molar-refractivity contribution is 6.06.